The molecule has 0 aliphatic heterocycles. The van der Waals surface area contributed by atoms with Gasteiger partial charge in [0.2, 0.25) is 0 Å². The van der Waals surface area contributed by atoms with E-state index in [0.29, 0.717) is 0 Å². The van der Waals surface area contributed by atoms with Crippen LogP contribution >= 0.6 is 0 Å². The Balaban J connectivity index is 0.000000153. The number of fused-ring (bicyclic) bond motifs is 6. The number of benzene rings is 7. The van der Waals surface area contributed by atoms with Crippen molar-refractivity contribution in [2.75, 3.05) is 0 Å². The van der Waals surface area contributed by atoms with Crippen LogP contribution in [-0.4, -0.2) is 4.98 Å². The van der Waals surface area contributed by atoms with Crippen LogP contribution in [-0.2, 0) is 6.42 Å². The Bertz CT molecular complexity index is 2720. The van der Waals surface area contributed by atoms with Gasteiger partial charge in [0.15, 0.2) is 0 Å². The molecule has 0 atom stereocenters. The zero-order chi connectivity index (χ0) is 35.9. The van der Waals surface area contributed by atoms with Crippen LogP contribution in [0.5, 0.6) is 0 Å². The number of nitrogens with zero attached hydrogens (tertiary/aromatic N) is 1. The average Bonchev–Trinajstić information content (AvgIpc) is 3.78. The highest BCUT2D eigenvalue weighted by atomic mass is 16.3. The summed E-state index contributed by atoms with van der Waals surface area (Å²) in [5.74, 6) is 0. The van der Waals surface area contributed by atoms with Crippen LogP contribution < -0.4 is 0 Å². The zero-order valence-electron chi connectivity index (χ0n) is 30.2. The van der Waals surface area contributed by atoms with Crippen LogP contribution in [0, 0.1) is 20.8 Å². The summed E-state index contributed by atoms with van der Waals surface area (Å²) in [6, 6.07) is 59.8. The molecular formula is C51H39NO. The van der Waals surface area contributed by atoms with Crippen molar-refractivity contribution in [2.24, 2.45) is 0 Å². The summed E-state index contributed by atoms with van der Waals surface area (Å²) in [7, 11) is 0. The molecule has 0 spiro atoms. The molecule has 2 heterocycles. The standard InChI is InChI=1S/C30H21NO.C21H18/c1-20-15-16-28-25(17-20)30-24(13-8-14-29(30)32-28)27-19-23(21-9-4-2-5-10-21)18-26(31-27)22-11-6-3-7-12-22;1-14-7-3-5-9-17(14)18-11-12-20-19-10-6-4-8-16(19)13-21(20)15(18)2/h2-19H,1H3;3-12H,13H2,1-2H3. The highest BCUT2D eigenvalue weighted by Crippen LogP contribution is 2.42. The molecule has 254 valence electrons. The first-order valence-corrected chi connectivity index (χ1v) is 18.3. The van der Waals surface area contributed by atoms with E-state index in [1.54, 1.807) is 0 Å². The quantitative estimate of drug-likeness (QED) is 0.185. The van der Waals surface area contributed by atoms with Gasteiger partial charge in [0.05, 0.1) is 11.4 Å². The molecule has 1 aliphatic carbocycles. The smallest absolute Gasteiger partial charge is 0.136 e. The topological polar surface area (TPSA) is 26.0 Å². The normalized spacial score (nSPS) is 11.6. The molecule has 0 N–H and O–H groups in total. The van der Waals surface area contributed by atoms with Crippen LogP contribution in [0.25, 0.3) is 77.8 Å². The average molecular weight is 682 g/mol. The van der Waals surface area contributed by atoms with Gasteiger partial charge in [-0.05, 0) is 113 Å². The third-order valence-electron chi connectivity index (χ3n) is 10.6. The van der Waals surface area contributed by atoms with Gasteiger partial charge < -0.3 is 4.42 Å². The highest BCUT2D eigenvalue weighted by molar-refractivity contribution is 6.12. The number of hydrogen-bond acceptors (Lipinski definition) is 2. The third-order valence-corrected chi connectivity index (χ3v) is 10.6. The lowest BCUT2D eigenvalue weighted by Crippen LogP contribution is -1.92. The molecule has 0 saturated carbocycles. The van der Waals surface area contributed by atoms with Crippen molar-refractivity contribution in [3.05, 3.63) is 198 Å². The fraction of sp³-hybridized carbons (Fsp3) is 0.0784. The van der Waals surface area contributed by atoms with Gasteiger partial charge in [0.25, 0.3) is 0 Å². The second-order valence-electron chi connectivity index (χ2n) is 14.1. The van der Waals surface area contributed by atoms with Crippen LogP contribution in [0.15, 0.2) is 174 Å². The summed E-state index contributed by atoms with van der Waals surface area (Å²) in [5.41, 5.74) is 20.7. The lowest BCUT2D eigenvalue weighted by atomic mass is 9.91. The number of pyridine rings is 1. The second-order valence-corrected chi connectivity index (χ2v) is 14.1. The zero-order valence-corrected chi connectivity index (χ0v) is 30.2. The minimum Gasteiger partial charge on any atom is -0.456 e. The number of aromatic nitrogens is 1. The van der Waals surface area contributed by atoms with Crippen molar-refractivity contribution >= 4 is 21.9 Å². The molecule has 53 heavy (non-hydrogen) atoms. The first-order valence-electron chi connectivity index (χ1n) is 18.3. The van der Waals surface area contributed by atoms with Gasteiger partial charge in [0, 0.05) is 21.9 Å². The second kappa shape index (κ2) is 13.6. The van der Waals surface area contributed by atoms with Gasteiger partial charge in [-0.3, -0.25) is 0 Å². The van der Waals surface area contributed by atoms with E-state index in [1.807, 2.05) is 24.3 Å². The number of rotatable bonds is 4. The summed E-state index contributed by atoms with van der Waals surface area (Å²) in [6.07, 6.45) is 1.07. The van der Waals surface area contributed by atoms with Gasteiger partial charge in [-0.15, -0.1) is 0 Å². The third kappa shape index (κ3) is 6.03. The highest BCUT2D eigenvalue weighted by Gasteiger charge is 2.21. The van der Waals surface area contributed by atoms with Crippen LogP contribution in [0.4, 0.5) is 0 Å². The summed E-state index contributed by atoms with van der Waals surface area (Å²) >= 11 is 0. The Hall–Kier alpha value is -6.51. The summed E-state index contributed by atoms with van der Waals surface area (Å²) in [4.78, 5) is 5.12. The molecule has 2 nitrogen and oxygen atoms in total. The van der Waals surface area contributed by atoms with Crippen molar-refractivity contribution in [1.29, 1.82) is 0 Å². The van der Waals surface area contributed by atoms with Gasteiger partial charge >= 0.3 is 0 Å². The predicted octanol–water partition coefficient (Wildman–Crippen LogP) is 13.8. The minimum absolute atomic E-state index is 0.885. The first kappa shape index (κ1) is 32.4. The monoisotopic (exact) mass is 681 g/mol. The molecule has 0 radical (unpaired) electrons. The maximum absolute atomic E-state index is 6.17. The number of hydrogen-bond donors (Lipinski definition) is 0. The maximum atomic E-state index is 6.17. The molecule has 1 aliphatic rings. The lowest BCUT2D eigenvalue weighted by molar-refractivity contribution is 0.669. The molecule has 9 aromatic rings. The van der Waals surface area contributed by atoms with E-state index in [2.05, 4.69) is 166 Å². The van der Waals surface area contributed by atoms with Crippen molar-refractivity contribution in [3.8, 4) is 55.9 Å². The van der Waals surface area contributed by atoms with Gasteiger partial charge in [-0.1, -0.05) is 145 Å². The Morgan fingerprint density at radius 1 is 0.453 bits per heavy atom. The fourth-order valence-corrected chi connectivity index (χ4v) is 7.91. The van der Waals surface area contributed by atoms with Gasteiger partial charge in [0.1, 0.15) is 11.2 Å². The van der Waals surface area contributed by atoms with Crippen LogP contribution in [0.2, 0.25) is 0 Å². The van der Waals surface area contributed by atoms with E-state index in [9.17, 15) is 0 Å². The van der Waals surface area contributed by atoms with E-state index in [4.69, 9.17) is 9.40 Å². The van der Waals surface area contributed by atoms with Gasteiger partial charge in [-0.2, -0.15) is 0 Å². The summed E-state index contributed by atoms with van der Waals surface area (Å²) in [5, 5.41) is 2.24. The number of aryl methyl sites for hydroxylation is 2. The Morgan fingerprint density at radius 2 is 1.11 bits per heavy atom. The van der Waals surface area contributed by atoms with Gasteiger partial charge in [-0.25, -0.2) is 4.98 Å². The van der Waals surface area contributed by atoms with Crippen molar-refractivity contribution in [3.63, 3.8) is 0 Å². The largest absolute Gasteiger partial charge is 0.456 e. The van der Waals surface area contributed by atoms with Crippen molar-refractivity contribution in [2.45, 2.75) is 27.2 Å². The Kier molecular flexibility index (Phi) is 8.29. The van der Waals surface area contributed by atoms with E-state index < -0.39 is 0 Å². The van der Waals surface area contributed by atoms with E-state index in [0.717, 1.165) is 56.4 Å². The molecular weight excluding hydrogens is 643 g/mol. The predicted molar refractivity (Wildman–Crippen MR) is 222 cm³/mol. The molecule has 2 aromatic heterocycles. The first-order chi connectivity index (χ1) is 26.0. The van der Waals surface area contributed by atoms with E-state index >= 15 is 0 Å². The van der Waals surface area contributed by atoms with Crippen LogP contribution in [0.1, 0.15) is 27.8 Å². The maximum Gasteiger partial charge on any atom is 0.136 e. The number of furan rings is 1. The van der Waals surface area contributed by atoms with Crippen molar-refractivity contribution < 1.29 is 4.42 Å². The Labute approximate surface area is 311 Å². The molecule has 0 saturated heterocycles. The fourth-order valence-electron chi connectivity index (χ4n) is 7.91. The molecule has 0 amide bonds. The molecule has 0 fully saturated rings. The van der Waals surface area contributed by atoms with E-state index in [-0.39, 0.29) is 0 Å². The molecule has 0 bridgehead atoms. The van der Waals surface area contributed by atoms with E-state index in [1.165, 1.54) is 55.6 Å². The molecule has 10 rings (SSSR count). The SMILES string of the molecule is Cc1ccc2oc3cccc(-c4cc(-c5ccccc5)cc(-c5ccccc5)n4)c3c2c1.Cc1ccccc1-c1ccc2c(c1C)Cc1ccccc1-2. The van der Waals surface area contributed by atoms with Crippen LogP contribution in [0.3, 0.4) is 0 Å². The Morgan fingerprint density at radius 3 is 1.91 bits per heavy atom. The summed E-state index contributed by atoms with van der Waals surface area (Å²) in [6.45, 7) is 6.58. The molecule has 0 unspecified atom stereocenters. The summed E-state index contributed by atoms with van der Waals surface area (Å²) < 4.78 is 6.17. The minimum atomic E-state index is 0.885. The van der Waals surface area contributed by atoms with Crippen molar-refractivity contribution in [1.82, 2.24) is 4.98 Å². The lowest BCUT2D eigenvalue weighted by Gasteiger charge is -2.13. The molecule has 7 aromatic carbocycles. The molecule has 2 heteroatoms.